The number of thiophene rings is 1. The van der Waals surface area contributed by atoms with E-state index in [1.54, 1.807) is 12.1 Å². The predicted molar refractivity (Wildman–Crippen MR) is 84.3 cm³/mol. The molecular formula is C16H15FN2O3S. The number of nitrogens with two attached hydrogens (primary N) is 1. The normalized spacial score (nSPS) is 12.9. The summed E-state index contributed by atoms with van der Waals surface area (Å²) in [6.07, 6.45) is -0.867. The summed E-state index contributed by atoms with van der Waals surface area (Å²) >= 11 is 1.27. The highest BCUT2D eigenvalue weighted by atomic mass is 32.1. The van der Waals surface area contributed by atoms with Gasteiger partial charge in [0.15, 0.2) is 0 Å². The lowest BCUT2D eigenvalue weighted by atomic mass is 10.1. The van der Waals surface area contributed by atoms with Gasteiger partial charge in [-0.25, -0.2) is 9.18 Å². The zero-order valence-corrected chi connectivity index (χ0v) is 13.0. The molecule has 2 aromatic rings. The Morgan fingerprint density at radius 2 is 1.96 bits per heavy atom. The third-order valence-corrected chi connectivity index (χ3v) is 4.13. The average molecular weight is 334 g/mol. The molecule has 0 aliphatic carbocycles. The smallest absolute Gasteiger partial charge is 0.339 e. The van der Waals surface area contributed by atoms with Crippen molar-refractivity contribution >= 4 is 17.4 Å². The van der Waals surface area contributed by atoms with Gasteiger partial charge in [0.2, 0.25) is 0 Å². The molecule has 1 aromatic carbocycles. The fourth-order valence-corrected chi connectivity index (χ4v) is 2.69. The zero-order chi connectivity index (χ0) is 17.0. The Labute approximate surface area is 136 Å². The van der Waals surface area contributed by atoms with E-state index in [9.17, 15) is 19.5 Å². The molecule has 23 heavy (non-hydrogen) atoms. The number of aliphatic hydroxyl groups excluding tert-OH is 1. The van der Waals surface area contributed by atoms with Gasteiger partial charge in [0.1, 0.15) is 18.0 Å². The Hall–Kier alpha value is -2.40. The molecule has 0 radical (unpaired) electrons. The van der Waals surface area contributed by atoms with Crippen LogP contribution in [0.1, 0.15) is 28.3 Å². The number of urea groups is 1. The minimum Gasteiger partial charge on any atom is -0.383 e. The molecule has 1 heterocycles. The number of amides is 2. The summed E-state index contributed by atoms with van der Waals surface area (Å²) < 4.78 is 12.9. The van der Waals surface area contributed by atoms with Crippen molar-refractivity contribution in [3.8, 4) is 11.8 Å². The van der Waals surface area contributed by atoms with Gasteiger partial charge in [-0.1, -0.05) is 24.0 Å². The van der Waals surface area contributed by atoms with E-state index in [1.165, 1.54) is 42.5 Å². The molecule has 2 atom stereocenters. The van der Waals surface area contributed by atoms with Crippen molar-refractivity contribution in [2.24, 2.45) is 5.73 Å². The molecule has 0 spiro atoms. The maximum Gasteiger partial charge on any atom is 0.339 e. The van der Waals surface area contributed by atoms with Crippen LogP contribution in [-0.2, 0) is 0 Å². The summed E-state index contributed by atoms with van der Waals surface area (Å²) in [5, 5.41) is 19.9. The van der Waals surface area contributed by atoms with Crippen molar-refractivity contribution in [1.29, 1.82) is 0 Å². The zero-order valence-electron chi connectivity index (χ0n) is 12.2. The predicted octanol–water partition coefficient (Wildman–Crippen LogP) is 2.48. The SMILES string of the molecule is CC(C#Cc1ccc(C(O)c2ccc(F)cc2)s1)N(O)C(N)=O. The van der Waals surface area contributed by atoms with E-state index in [2.05, 4.69) is 11.8 Å². The van der Waals surface area contributed by atoms with E-state index in [1.807, 2.05) is 0 Å². The lowest BCUT2D eigenvalue weighted by Crippen LogP contribution is -2.38. The van der Waals surface area contributed by atoms with Crippen molar-refractivity contribution < 1.29 is 19.5 Å². The Morgan fingerprint density at radius 3 is 2.57 bits per heavy atom. The van der Waals surface area contributed by atoms with Crippen molar-refractivity contribution in [2.45, 2.75) is 19.1 Å². The van der Waals surface area contributed by atoms with E-state index in [0.717, 1.165) is 0 Å². The second kappa shape index (κ2) is 7.24. The number of hydrogen-bond acceptors (Lipinski definition) is 4. The van der Waals surface area contributed by atoms with Gasteiger partial charge in [-0.2, -0.15) is 5.06 Å². The lowest BCUT2D eigenvalue weighted by Gasteiger charge is -2.14. The summed E-state index contributed by atoms with van der Waals surface area (Å²) in [5.41, 5.74) is 5.52. The Kier molecular flexibility index (Phi) is 5.34. The van der Waals surface area contributed by atoms with Crippen molar-refractivity contribution in [2.75, 3.05) is 0 Å². The van der Waals surface area contributed by atoms with Crippen molar-refractivity contribution in [3.05, 3.63) is 57.5 Å². The molecule has 0 saturated heterocycles. The quantitative estimate of drug-likeness (QED) is 0.458. The number of hydrogen-bond donors (Lipinski definition) is 3. The molecule has 0 saturated carbocycles. The lowest BCUT2D eigenvalue weighted by molar-refractivity contribution is -0.0536. The van der Waals surface area contributed by atoms with Crippen LogP contribution in [0.5, 0.6) is 0 Å². The number of nitrogens with zero attached hydrogens (tertiary/aromatic N) is 1. The third-order valence-electron chi connectivity index (χ3n) is 3.08. The first-order valence-electron chi connectivity index (χ1n) is 6.71. The largest absolute Gasteiger partial charge is 0.383 e. The first-order valence-corrected chi connectivity index (χ1v) is 7.52. The van der Waals surface area contributed by atoms with Gasteiger partial charge >= 0.3 is 6.03 Å². The van der Waals surface area contributed by atoms with Crippen LogP contribution in [-0.4, -0.2) is 27.4 Å². The summed E-state index contributed by atoms with van der Waals surface area (Å²) in [4.78, 5) is 12.1. The highest BCUT2D eigenvalue weighted by molar-refractivity contribution is 7.12. The standard InChI is InChI=1S/C16H15FN2O3S/c1-10(19(22)16(18)21)2-7-13-8-9-14(23-13)15(20)11-3-5-12(17)6-4-11/h3-6,8-10,15,20,22H,1H3,(H2,18,21). The number of primary amides is 1. The molecule has 2 amide bonds. The van der Waals surface area contributed by atoms with Gasteiger partial charge in [0.05, 0.1) is 4.88 Å². The molecule has 0 bridgehead atoms. The van der Waals surface area contributed by atoms with E-state index in [4.69, 9.17) is 5.73 Å². The molecule has 2 rings (SSSR count). The molecule has 120 valence electrons. The highest BCUT2D eigenvalue weighted by Crippen LogP contribution is 2.28. The monoisotopic (exact) mass is 334 g/mol. The van der Waals surface area contributed by atoms with Crippen LogP contribution in [0.4, 0.5) is 9.18 Å². The van der Waals surface area contributed by atoms with Crippen LogP contribution in [0.15, 0.2) is 36.4 Å². The third kappa shape index (κ3) is 4.29. The number of rotatable bonds is 3. The number of carbonyl (C=O) groups excluding carboxylic acids is 1. The van der Waals surface area contributed by atoms with Gasteiger partial charge in [0.25, 0.3) is 0 Å². The van der Waals surface area contributed by atoms with E-state index >= 15 is 0 Å². The average Bonchev–Trinajstić information content (AvgIpc) is 3.00. The molecule has 2 unspecified atom stereocenters. The minimum absolute atomic E-state index is 0.342. The molecular weight excluding hydrogens is 319 g/mol. The molecule has 0 aliphatic rings. The molecule has 7 heteroatoms. The summed E-state index contributed by atoms with van der Waals surface area (Å²) in [7, 11) is 0. The first-order chi connectivity index (χ1) is 10.9. The summed E-state index contributed by atoms with van der Waals surface area (Å²) in [6.45, 7) is 1.53. The molecule has 5 nitrogen and oxygen atoms in total. The minimum atomic E-state index is -0.981. The first kappa shape index (κ1) is 17.0. The van der Waals surface area contributed by atoms with Crippen molar-refractivity contribution in [3.63, 3.8) is 0 Å². The highest BCUT2D eigenvalue weighted by Gasteiger charge is 2.14. The number of hydroxylamine groups is 2. The summed E-state index contributed by atoms with van der Waals surface area (Å²) in [5.74, 6) is 5.12. The summed E-state index contributed by atoms with van der Waals surface area (Å²) in [6, 6.07) is 7.32. The van der Waals surface area contributed by atoms with Gasteiger partial charge in [0, 0.05) is 4.88 Å². The van der Waals surface area contributed by atoms with E-state index in [-0.39, 0.29) is 5.82 Å². The molecule has 0 fully saturated rings. The van der Waals surface area contributed by atoms with Gasteiger partial charge in [-0.3, -0.25) is 5.21 Å². The van der Waals surface area contributed by atoms with Crippen LogP contribution in [0.3, 0.4) is 0 Å². The number of halogens is 1. The fourth-order valence-electron chi connectivity index (χ4n) is 1.80. The van der Waals surface area contributed by atoms with Gasteiger partial charge in [-0.05, 0) is 36.8 Å². The topological polar surface area (TPSA) is 86.8 Å². The van der Waals surface area contributed by atoms with Crippen LogP contribution in [0, 0.1) is 17.7 Å². The second-order valence-corrected chi connectivity index (χ2v) is 5.90. The molecule has 4 N–H and O–H groups in total. The van der Waals surface area contributed by atoms with Crippen molar-refractivity contribution in [1.82, 2.24) is 5.06 Å². The molecule has 1 aromatic heterocycles. The van der Waals surface area contributed by atoms with Gasteiger partial charge < -0.3 is 10.8 Å². The Bertz CT molecular complexity index is 749. The van der Waals surface area contributed by atoms with Crippen LogP contribution >= 0.6 is 11.3 Å². The number of carbonyl (C=O) groups is 1. The number of benzene rings is 1. The van der Waals surface area contributed by atoms with Crippen LogP contribution < -0.4 is 5.73 Å². The van der Waals surface area contributed by atoms with Crippen LogP contribution in [0.2, 0.25) is 0 Å². The Balaban J connectivity index is 2.12. The fraction of sp³-hybridized carbons (Fsp3) is 0.188. The van der Waals surface area contributed by atoms with E-state index in [0.29, 0.717) is 20.4 Å². The number of aliphatic hydroxyl groups is 1. The maximum atomic E-state index is 12.9. The Morgan fingerprint density at radius 1 is 1.30 bits per heavy atom. The second-order valence-electron chi connectivity index (χ2n) is 4.78. The van der Waals surface area contributed by atoms with E-state index < -0.39 is 18.2 Å². The van der Waals surface area contributed by atoms with Gasteiger partial charge in [-0.15, -0.1) is 11.3 Å². The maximum absolute atomic E-state index is 12.9. The van der Waals surface area contributed by atoms with Crippen LogP contribution in [0.25, 0.3) is 0 Å². The molecule has 0 aliphatic heterocycles.